The highest BCUT2D eigenvalue weighted by atomic mass is 32.1. The number of aromatic nitrogens is 2. The molecular formula is C15H24N4S. The van der Waals surface area contributed by atoms with Crippen LogP contribution in [0.4, 0.5) is 5.82 Å². The Kier molecular flexibility index (Phi) is 5.31. The molecule has 2 rings (SSSR count). The van der Waals surface area contributed by atoms with Gasteiger partial charge in [0.25, 0.3) is 0 Å². The minimum atomic E-state index is 0.496. The zero-order valence-electron chi connectivity index (χ0n) is 12.6. The van der Waals surface area contributed by atoms with Crippen LogP contribution in [0, 0.1) is 0 Å². The van der Waals surface area contributed by atoms with Gasteiger partial charge in [-0.2, -0.15) is 0 Å². The fourth-order valence-corrected chi connectivity index (χ4v) is 3.05. The maximum Gasteiger partial charge on any atom is 0.146 e. The predicted molar refractivity (Wildman–Crippen MR) is 86.9 cm³/mol. The Morgan fingerprint density at radius 1 is 1.30 bits per heavy atom. The first-order chi connectivity index (χ1) is 9.61. The molecule has 0 unspecified atom stereocenters. The summed E-state index contributed by atoms with van der Waals surface area (Å²) in [4.78, 5) is 12.5. The normalized spacial score (nSPS) is 11.8. The average Bonchev–Trinajstić information content (AvgIpc) is 2.86. The number of rotatable bonds is 7. The van der Waals surface area contributed by atoms with Gasteiger partial charge < -0.3 is 5.73 Å². The molecule has 0 bridgehead atoms. The van der Waals surface area contributed by atoms with E-state index in [2.05, 4.69) is 35.6 Å². The van der Waals surface area contributed by atoms with Crippen molar-refractivity contribution in [3.8, 4) is 0 Å². The van der Waals surface area contributed by atoms with Gasteiger partial charge in [-0.25, -0.2) is 9.97 Å². The van der Waals surface area contributed by atoms with Crippen molar-refractivity contribution in [1.82, 2.24) is 14.9 Å². The van der Waals surface area contributed by atoms with Gasteiger partial charge in [0.2, 0.25) is 0 Å². The van der Waals surface area contributed by atoms with Gasteiger partial charge in [-0.1, -0.05) is 19.8 Å². The smallest absolute Gasteiger partial charge is 0.146 e. The number of thiophene rings is 1. The number of hydrogen-bond donors (Lipinski definition) is 1. The highest BCUT2D eigenvalue weighted by Gasteiger charge is 2.13. The maximum absolute atomic E-state index is 6.01. The number of nitrogens with zero attached hydrogens (tertiary/aromatic N) is 3. The Bertz CT molecular complexity index is 550. The summed E-state index contributed by atoms with van der Waals surface area (Å²) in [5, 5.41) is 2.99. The third-order valence-electron chi connectivity index (χ3n) is 3.52. The molecular weight excluding hydrogens is 268 g/mol. The third-order valence-corrected chi connectivity index (χ3v) is 4.33. The lowest BCUT2D eigenvalue weighted by Crippen LogP contribution is -2.32. The number of nitrogens with two attached hydrogens (primary N) is 1. The topological polar surface area (TPSA) is 55.0 Å². The van der Waals surface area contributed by atoms with E-state index in [9.17, 15) is 0 Å². The second-order valence-corrected chi connectivity index (χ2v) is 6.33. The summed E-state index contributed by atoms with van der Waals surface area (Å²) >= 11 is 1.62. The molecule has 4 nitrogen and oxygen atoms in total. The van der Waals surface area contributed by atoms with E-state index in [1.165, 1.54) is 19.3 Å². The fraction of sp³-hybridized carbons (Fsp3) is 0.600. The highest BCUT2D eigenvalue weighted by Crippen LogP contribution is 2.23. The lowest BCUT2D eigenvalue weighted by Gasteiger charge is -2.25. The van der Waals surface area contributed by atoms with Crippen molar-refractivity contribution in [2.45, 2.75) is 52.6 Å². The Morgan fingerprint density at radius 2 is 2.10 bits per heavy atom. The van der Waals surface area contributed by atoms with Gasteiger partial charge in [0.05, 0.1) is 11.9 Å². The number of anilines is 1. The maximum atomic E-state index is 6.01. The van der Waals surface area contributed by atoms with Gasteiger partial charge in [-0.15, -0.1) is 11.3 Å². The van der Waals surface area contributed by atoms with E-state index in [0.717, 1.165) is 29.1 Å². The minimum Gasteiger partial charge on any atom is -0.383 e. The van der Waals surface area contributed by atoms with Gasteiger partial charge in [0.15, 0.2) is 0 Å². The zero-order valence-corrected chi connectivity index (χ0v) is 13.4. The first kappa shape index (κ1) is 15.2. The molecule has 2 N–H and O–H groups in total. The molecule has 0 saturated heterocycles. The zero-order chi connectivity index (χ0) is 14.5. The quantitative estimate of drug-likeness (QED) is 0.791. The van der Waals surface area contributed by atoms with Crippen LogP contribution in [-0.2, 0) is 6.54 Å². The Labute approximate surface area is 125 Å². The number of nitrogen functional groups attached to an aromatic ring is 1. The number of unbranched alkanes of at least 4 members (excludes halogenated alkanes) is 2. The summed E-state index contributed by atoms with van der Waals surface area (Å²) in [6, 6.07) is 2.48. The number of hydrogen-bond acceptors (Lipinski definition) is 5. The average molecular weight is 292 g/mol. The Balaban J connectivity index is 2.11. The summed E-state index contributed by atoms with van der Waals surface area (Å²) in [5.74, 6) is 1.44. The summed E-state index contributed by atoms with van der Waals surface area (Å²) in [5.41, 5.74) is 6.01. The fourth-order valence-electron chi connectivity index (χ4n) is 2.26. The lowest BCUT2D eigenvalue weighted by atomic mass is 10.2. The van der Waals surface area contributed by atoms with E-state index >= 15 is 0 Å². The van der Waals surface area contributed by atoms with Crippen LogP contribution in [0.2, 0.25) is 0 Å². The van der Waals surface area contributed by atoms with Gasteiger partial charge >= 0.3 is 0 Å². The second kappa shape index (κ2) is 6.99. The van der Waals surface area contributed by atoms with E-state index < -0.39 is 0 Å². The molecule has 2 heterocycles. The SMILES string of the molecule is CCCCCN(Cc1nc(N)c2ccsc2n1)C(C)C. The molecule has 0 atom stereocenters. The molecule has 2 aromatic heterocycles. The molecule has 0 saturated carbocycles. The van der Waals surface area contributed by atoms with Crippen LogP contribution >= 0.6 is 11.3 Å². The number of fused-ring (bicyclic) bond motifs is 1. The summed E-state index contributed by atoms with van der Waals surface area (Å²) < 4.78 is 0. The van der Waals surface area contributed by atoms with E-state index in [4.69, 9.17) is 5.73 Å². The predicted octanol–water partition coefficient (Wildman–Crippen LogP) is 3.67. The van der Waals surface area contributed by atoms with Gasteiger partial charge in [0, 0.05) is 6.04 Å². The molecule has 0 amide bonds. The van der Waals surface area contributed by atoms with Crippen LogP contribution in [0.1, 0.15) is 45.9 Å². The third kappa shape index (κ3) is 3.67. The second-order valence-electron chi connectivity index (χ2n) is 5.44. The molecule has 0 radical (unpaired) electrons. The molecule has 0 aliphatic rings. The van der Waals surface area contributed by atoms with Crippen LogP contribution < -0.4 is 5.73 Å². The van der Waals surface area contributed by atoms with E-state index in [1.807, 2.05) is 11.4 Å². The van der Waals surface area contributed by atoms with Crippen LogP contribution in [0.15, 0.2) is 11.4 Å². The molecule has 20 heavy (non-hydrogen) atoms. The van der Waals surface area contributed by atoms with Crippen LogP contribution in [0.5, 0.6) is 0 Å². The molecule has 5 heteroatoms. The molecule has 0 spiro atoms. The van der Waals surface area contributed by atoms with Crippen LogP contribution in [-0.4, -0.2) is 27.5 Å². The van der Waals surface area contributed by atoms with Crippen molar-refractivity contribution in [1.29, 1.82) is 0 Å². The van der Waals surface area contributed by atoms with Crippen molar-refractivity contribution >= 4 is 27.4 Å². The van der Waals surface area contributed by atoms with Crippen molar-refractivity contribution in [2.75, 3.05) is 12.3 Å². The van der Waals surface area contributed by atoms with E-state index in [1.54, 1.807) is 11.3 Å². The first-order valence-corrected chi connectivity index (χ1v) is 8.23. The molecule has 0 fully saturated rings. The van der Waals surface area contributed by atoms with Gasteiger partial charge in [-0.3, -0.25) is 4.90 Å². The van der Waals surface area contributed by atoms with Gasteiger partial charge in [-0.05, 0) is 38.3 Å². The Morgan fingerprint density at radius 3 is 2.80 bits per heavy atom. The summed E-state index contributed by atoms with van der Waals surface area (Å²) in [6.07, 6.45) is 3.75. The highest BCUT2D eigenvalue weighted by molar-refractivity contribution is 7.16. The largest absolute Gasteiger partial charge is 0.383 e. The Hall–Kier alpha value is -1.20. The van der Waals surface area contributed by atoms with Crippen molar-refractivity contribution < 1.29 is 0 Å². The standard InChI is InChI=1S/C15H24N4S/c1-4-5-6-8-19(11(2)3)10-13-17-14(16)12-7-9-20-15(12)18-13/h7,9,11H,4-6,8,10H2,1-3H3,(H2,16,17,18). The van der Waals surface area contributed by atoms with E-state index in [0.29, 0.717) is 11.9 Å². The van der Waals surface area contributed by atoms with Crippen LogP contribution in [0.3, 0.4) is 0 Å². The van der Waals surface area contributed by atoms with E-state index in [-0.39, 0.29) is 0 Å². The van der Waals surface area contributed by atoms with Gasteiger partial charge in [0.1, 0.15) is 16.5 Å². The molecule has 0 aliphatic heterocycles. The van der Waals surface area contributed by atoms with Crippen LogP contribution in [0.25, 0.3) is 10.2 Å². The van der Waals surface area contributed by atoms with Crippen molar-refractivity contribution in [3.05, 3.63) is 17.3 Å². The lowest BCUT2D eigenvalue weighted by molar-refractivity contribution is 0.203. The van der Waals surface area contributed by atoms with Crippen molar-refractivity contribution in [3.63, 3.8) is 0 Å². The summed E-state index contributed by atoms with van der Waals surface area (Å²) in [7, 11) is 0. The summed E-state index contributed by atoms with van der Waals surface area (Å²) in [6.45, 7) is 8.54. The monoisotopic (exact) mass is 292 g/mol. The molecule has 0 aliphatic carbocycles. The first-order valence-electron chi connectivity index (χ1n) is 7.35. The molecule has 0 aromatic carbocycles. The molecule has 110 valence electrons. The van der Waals surface area contributed by atoms with Crippen molar-refractivity contribution in [2.24, 2.45) is 0 Å². The molecule has 2 aromatic rings. The minimum absolute atomic E-state index is 0.496.